The van der Waals surface area contributed by atoms with Gasteiger partial charge in [0.05, 0.1) is 42.0 Å². The Hall–Kier alpha value is -2.39. The van der Waals surface area contributed by atoms with Crippen LogP contribution in [-0.2, 0) is 20.8 Å². The van der Waals surface area contributed by atoms with Crippen LogP contribution in [0.3, 0.4) is 0 Å². The Bertz CT molecular complexity index is 1060. The van der Waals surface area contributed by atoms with Gasteiger partial charge in [-0.15, -0.1) is 0 Å². The Morgan fingerprint density at radius 2 is 2.09 bits per heavy atom. The van der Waals surface area contributed by atoms with Crippen LogP contribution >= 0.6 is 11.8 Å². The van der Waals surface area contributed by atoms with Gasteiger partial charge in [0.15, 0.2) is 5.16 Å². The Balaban J connectivity index is 1.79. The maximum atomic E-state index is 13.3. The van der Waals surface area contributed by atoms with Crippen molar-refractivity contribution in [3.05, 3.63) is 34.1 Å². The Kier molecular flexibility index (Phi) is 9.53. The molecule has 34 heavy (non-hydrogen) atoms. The van der Waals surface area contributed by atoms with Crippen LogP contribution in [-0.4, -0.2) is 53.0 Å². The molecule has 1 aromatic carbocycles. The molecule has 8 nitrogen and oxygen atoms in total. The number of nitrogens with zero attached hydrogens (tertiary/aromatic N) is 2. The van der Waals surface area contributed by atoms with E-state index in [0.29, 0.717) is 40.7 Å². The second kappa shape index (κ2) is 12.4. The van der Waals surface area contributed by atoms with Gasteiger partial charge in [0.25, 0.3) is 5.56 Å². The maximum Gasteiger partial charge on any atom is 0.337 e. The molecule has 9 heteroatoms. The molecule has 2 aromatic rings. The maximum absolute atomic E-state index is 13.3. The Morgan fingerprint density at radius 1 is 1.29 bits per heavy atom. The molecule has 0 spiro atoms. The molecule has 1 N–H and O–H groups in total. The predicted octanol–water partition coefficient (Wildman–Crippen LogP) is 3.79. The number of thioether (sulfide) groups is 1. The summed E-state index contributed by atoms with van der Waals surface area (Å²) in [5.41, 5.74) is 0.519. The third-order valence-corrected chi connectivity index (χ3v) is 6.89. The SMILES string of the molecule is COC(=O)c1ccc2c(=O)n(CC3CCCO3)c(SCC(=O)NC(C)CCCC(C)C)nc2c1. The van der Waals surface area contributed by atoms with Crippen LogP contribution in [0.1, 0.15) is 63.2 Å². The van der Waals surface area contributed by atoms with Crippen molar-refractivity contribution in [3.63, 3.8) is 0 Å². The summed E-state index contributed by atoms with van der Waals surface area (Å²) in [6, 6.07) is 4.81. The number of rotatable bonds is 11. The molecule has 0 radical (unpaired) electrons. The largest absolute Gasteiger partial charge is 0.465 e. The predicted molar refractivity (Wildman–Crippen MR) is 133 cm³/mol. The summed E-state index contributed by atoms with van der Waals surface area (Å²) >= 11 is 1.23. The number of methoxy groups -OCH3 is 1. The van der Waals surface area contributed by atoms with Crippen LogP contribution < -0.4 is 10.9 Å². The molecule has 186 valence electrons. The molecule has 0 saturated carbocycles. The van der Waals surface area contributed by atoms with Gasteiger partial charge >= 0.3 is 5.97 Å². The second-order valence-corrected chi connectivity index (χ2v) is 10.2. The van der Waals surface area contributed by atoms with Crippen molar-refractivity contribution in [1.29, 1.82) is 0 Å². The fourth-order valence-electron chi connectivity index (χ4n) is 4.06. The molecule has 2 heterocycles. The highest BCUT2D eigenvalue weighted by atomic mass is 32.2. The van der Waals surface area contributed by atoms with Crippen LogP contribution in [0, 0.1) is 5.92 Å². The van der Waals surface area contributed by atoms with E-state index in [2.05, 4.69) is 24.1 Å². The minimum absolute atomic E-state index is 0.0551. The highest BCUT2D eigenvalue weighted by Crippen LogP contribution is 2.22. The highest BCUT2D eigenvalue weighted by Gasteiger charge is 2.21. The number of ether oxygens (including phenoxy) is 2. The first-order chi connectivity index (χ1) is 16.3. The van der Waals surface area contributed by atoms with Crippen molar-refractivity contribution in [2.24, 2.45) is 5.92 Å². The molecule has 3 rings (SSSR count). The summed E-state index contributed by atoms with van der Waals surface area (Å²) in [6.45, 7) is 7.47. The van der Waals surface area contributed by atoms with E-state index in [0.717, 1.165) is 32.1 Å². The van der Waals surface area contributed by atoms with Crippen molar-refractivity contribution in [2.45, 2.75) is 76.7 Å². The molecule has 1 fully saturated rings. The fourth-order valence-corrected chi connectivity index (χ4v) is 4.88. The van der Waals surface area contributed by atoms with E-state index in [1.54, 1.807) is 22.8 Å². The standard InChI is InChI=1S/C25H35N3O5S/c1-16(2)7-5-8-17(3)26-22(29)15-34-25-27-21-13-18(24(31)32-4)10-11-20(21)23(30)28(25)14-19-9-6-12-33-19/h10-11,13,16-17,19H,5-9,12,14-15H2,1-4H3,(H,26,29). The minimum atomic E-state index is -0.493. The van der Waals surface area contributed by atoms with Gasteiger partial charge in [-0.25, -0.2) is 9.78 Å². The Morgan fingerprint density at radius 3 is 2.76 bits per heavy atom. The molecule has 1 aliphatic heterocycles. The summed E-state index contributed by atoms with van der Waals surface area (Å²) in [5, 5.41) is 3.90. The molecule has 2 unspecified atom stereocenters. The summed E-state index contributed by atoms with van der Waals surface area (Å²) < 4.78 is 12.1. The number of hydrogen-bond donors (Lipinski definition) is 1. The molecule has 1 amide bonds. The van der Waals surface area contributed by atoms with E-state index >= 15 is 0 Å². The lowest BCUT2D eigenvalue weighted by Gasteiger charge is -2.17. The van der Waals surface area contributed by atoms with Gasteiger partial charge in [-0.1, -0.05) is 38.5 Å². The number of benzene rings is 1. The number of hydrogen-bond acceptors (Lipinski definition) is 7. The first-order valence-electron chi connectivity index (χ1n) is 11.9. The van der Waals surface area contributed by atoms with E-state index < -0.39 is 5.97 Å². The molecular weight excluding hydrogens is 454 g/mol. The Labute approximate surface area is 204 Å². The number of carbonyl (C=O) groups excluding carboxylic acids is 2. The molecule has 1 aromatic heterocycles. The van der Waals surface area contributed by atoms with E-state index in [9.17, 15) is 14.4 Å². The number of esters is 1. The first-order valence-corrected chi connectivity index (χ1v) is 12.9. The highest BCUT2D eigenvalue weighted by molar-refractivity contribution is 7.99. The smallest absolute Gasteiger partial charge is 0.337 e. The number of aromatic nitrogens is 2. The van der Waals surface area contributed by atoms with Gasteiger partial charge in [0.2, 0.25) is 5.91 Å². The van der Waals surface area contributed by atoms with Crippen LogP contribution in [0.4, 0.5) is 0 Å². The average molecular weight is 490 g/mol. The topological polar surface area (TPSA) is 99.5 Å². The van der Waals surface area contributed by atoms with Gasteiger partial charge < -0.3 is 14.8 Å². The lowest BCUT2D eigenvalue weighted by molar-refractivity contribution is -0.119. The lowest BCUT2D eigenvalue weighted by Crippen LogP contribution is -2.34. The molecular formula is C25H35N3O5S. The monoisotopic (exact) mass is 489 g/mol. The third kappa shape index (κ3) is 7.06. The van der Waals surface area contributed by atoms with Crippen LogP contribution in [0.25, 0.3) is 10.9 Å². The number of amides is 1. The summed E-state index contributed by atoms with van der Waals surface area (Å²) in [4.78, 5) is 42.5. The van der Waals surface area contributed by atoms with Crippen LogP contribution in [0.15, 0.2) is 28.2 Å². The normalized spacial score (nSPS) is 16.7. The molecule has 1 saturated heterocycles. The van der Waals surface area contributed by atoms with Crippen molar-refractivity contribution in [1.82, 2.24) is 14.9 Å². The summed E-state index contributed by atoms with van der Waals surface area (Å²) in [5.74, 6) is 0.211. The van der Waals surface area contributed by atoms with Gasteiger partial charge in [0.1, 0.15) is 0 Å². The molecule has 1 aliphatic rings. The summed E-state index contributed by atoms with van der Waals surface area (Å²) in [6.07, 6.45) is 4.93. The van der Waals surface area contributed by atoms with Crippen LogP contribution in [0.2, 0.25) is 0 Å². The van der Waals surface area contributed by atoms with Crippen molar-refractivity contribution in [2.75, 3.05) is 19.5 Å². The van der Waals surface area contributed by atoms with E-state index in [1.165, 1.54) is 18.9 Å². The fraction of sp³-hybridized carbons (Fsp3) is 0.600. The molecule has 2 atom stereocenters. The quantitative estimate of drug-likeness (QED) is 0.291. The summed E-state index contributed by atoms with van der Waals surface area (Å²) in [7, 11) is 1.31. The number of nitrogens with one attached hydrogen (secondary N) is 1. The molecule has 0 bridgehead atoms. The number of fused-ring (bicyclic) bond motifs is 1. The zero-order chi connectivity index (χ0) is 24.7. The van der Waals surface area contributed by atoms with E-state index in [-0.39, 0.29) is 29.4 Å². The van der Waals surface area contributed by atoms with Gasteiger partial charge in [-0.05, 0) is 50.3 Å². The lowest BCUT2D eigenvalue weighted by atomic mass is 10.0. The average Bonchev–Trinajstić information content (AvgIpc) is 3.32. The van der Waals surface area contributed by atoms with Crippen molar-refractivity contribution < 1.29 is 19.1 Å². The third-order valence-electron chi connectivity index (χ3n) is 5.91. The van der Waals surface area contributed by atoms with Gasteiger partial charge in [-0.3, -0.25) is 14.2 Å². The zero-order valence-electron chi connectivity index (χ0n) is 20.5. The molecule has 0 aliphatic carbocycles. The second-order valence-electron chi connectivity index (χ2n) is 9.25. The minimum Gasteiger partial charge on any atom is -0.465 e. The van der Waals surface area contributed by atoms with Crippen LogP contribution in [0.5, 0.6) is 0 Å². The van der Waals surface area contributed by atoms with Gasteiger partial charge in [-0.2, -0.15) is 0 Å². The number of carbonyl (C=O) groups is 2. The van der Waals surface area contributed by atoms with E-state index in [4.69, 9.17) is 9.47 Å². The van der Waals surface area contributed by atoms with E-state index in [1.807, 2.05) is 6.92 Å². The first kappa shape index (κ1) is 26.2. The van der Waals surface area contributed by atoms with Gasteiger partial charge in [0, 0.05) is 12.6 Å². The van der Waals surface area contributed by atoms with Crippen molar-refractivity contribution >= 4 is 34.5 Å². The zero-order valence-corrected chi connectivity index (χ0v) is 21.3. The van der Waals surface area contributed by atoms with Crippen molar-refractivity contribution in [3.8, 4) is 0 Å².